The van der Waals surface area contributed by atoms with E-state index in [1.807, 2.05) is 41.3 Å². The predicted octanol–water partition coefficient (Wildman–Crippen LogP) is 5.94. The molecule has 0 unspecified atom stereocenters. The fraction of sp³-hybridized carbons (Fsp3) is 0.440. The summed E-state index contributed by atoms with van der Waals surface area (Å²) in [5.41, 5.74) is 4.17. The van der Waals surface area contributed by atoms with E-state index in [0.29, 0.717) is 5.75 Å². The lowest BCUT2D eigenvalue weighted by Gasteiger charge is -2.27. The number of carbonyl (C=O) groups is 2. The summed E-state index contributed by atoms with van der Waals surface area (Å²) < 4.78 is 0. The lowest BCUT2D eigenvalue weighted by molar-refractivity contribution is -0.120. The Hall–Kier alpha value is -2.27. The molecule has 2 aromatic carbocycles. The van der Waals surface area contributed by atoms with Crippen molar-refractivity contribution in [1.29, 1.82) is 0 Å². The molecule has 1 saturated carbocycles. The molecule has 158 valence electrons. The molecule has 0 bridgehead atoms. The van der Waals surface area contributed by atoms with Crippen molar-refractivity contribution in [3.8, 4) is 0 Å². The molecule has 0 spiro atoms. The first-order valence-electron chi connectivity index (χ1n) is 11.1. The summed E-state index contributed by atoms with van der Waals surface area (Å²) in [4.78, 5) is 27.2. The van der Waals surface area contributed by atoms with Gasteiger partial charge >= 0.3 is 0 Å². The number of nitrogens with one attached hydrogen (secondary N) is 1. The summed E-state index contributed by atoms with van der Waals surface area (Å²) in [6, 6.07) is 16.2. The number of para-hydroxylation sites is 1. The highest BCUT2D eigenvalue weighted by Gasteiger charge is 2.35. The van der Waals surface area contributed by atoms with Gasteiger partial charge in [-0.3, -0.25) is 14.5 Å². The Morgan fingerprint density at radius 1 is 1.07 bits per heavy atom. The summed E-state index contributed by atoms with van der Waals surface area (Å²) >= 11 is 1.66. The molecule has 1 aliphatic carbocycles. The van der Waals surface area contributed by atoms with Gasteiger partial charge in [0.1, 0.15) is 5.37 Å². The van der Waals surface area contributed by atoms with Crippen molar-refractivity contribution < 1.29 is 9.59 Å². The van der Waals surface area contributed by atoms with Crippen molar-refractivity contribution in [3.63, 3.8) is 0 Å². The number of rotatable bonds is 6. The number of thioether (sulfide) groups is 1. The number of amides is 2. The molecule has 2 fully saturated rings. The third-order valence-corrected chi connectivity index (χ3v) is 7.29. The molecule has 1 N–H and O–H groups in total. The molecule has 0 aromatic heterocycles. The Morgan fingerprint density at radius 2 is 1.80 bits per heavy atom. The minimum absolute atomic E-state index is 0.0291. The van der Waals surface area contributed by atoms with Crippen LogP contribution in [0.2, 0.25) is 0 Å². The Balaban J connectivity index is 1.50. The van der Waals surface area contributed by atoms with E-state index in [2.05, 4.69) is 24.4 Å². The molecule has 4 nitrogen and oxygen atoms in total. The molecule has 0 radical (unpaired) electrons. The Bertz CT molecular complexity index is 890. The third-order valence-electron chi connectivity index (χ3n) is 6.08. The zero-order valence-electron chi connectivity index (χ0n) is 17.6. The van der Waals surface area contributed by atoms with Gasteiger partial charge in [-0.1, -0.05) is 62.9 Å². The smallest absolute Gasteiger partial charge is 0.238 e. The average Bonchev–Trinajstić information content (AvgIpc) is 3.17. The van der Waals surface area contributed by atoms with Crippen molar-refractivity contribution in [3.05, 3.63) is 59.7 Å². The predicted molar refractivity (Wildman–Crippen MR) is 125 cm³/mol. The van der Waals surface area contributed by atoms with Gasteiger partial charge in [-0.25, -0.2) is 0 Å². The van der Waals surface area contributed by atoms with E-state index < -0.39 is 0 Å². The molecule has 1 heterocycles. The molecule has 5 heteroatoms. The van der Waals surface area contributed by atoms with Gasteiger partial charge in [0.05, 0.1) is 5.75 Å². The molecule has 1 atom stereocenters. The van der Waals surface area contributed by atoms with Crippen molar-refractivity contribution in [2.24, 2.45) is 5.92 Å². The minimum Gasteiger partial charge on any atom is -0.326 e. The van der Waals surface area contributed by atoms with Gasteiger partial charge in [0.15, 0.2) is 0 Å². The molecule has 30 heavy (non-hydrogen) atoms. The first-order valence-corrected chi connectivity index (χ1v) is 12.1. The van der Waals surface area contributed by atoms with Crippen LogP contribution in [0.3, 0.4) is 0 Å². The number of hydrogen-bond acceptors (Lipinski definition) is 3. The standard InChI is InChI=1S/C25H30N2O2S/c1-2-8-18-9-6-7-12-22(18)27-23(28)17-30-25(27)20-13-15-21(16-14-20)26-24(29)19-10-4-3-5-11-19/h6-7,9,12-16,19,25H,2-5,8,10-11,17H2,1H3,(H,26,29)/t25-/m0/s1. The SMILES string of the molecule is CCCc1ccccc1N1C(=O)CS[C@H]1c1ccc(NC(=O)C2CCCCC2)cc1. The highest BCUT2D eigenvalue weighted by Crippen LogP contribution is 2.43. The van der Waals surface area contributed by atoms with E-state index in [1.165, 1.54) is 12.0 Å². The lowest BCUT2D eigenvalue weighted by atomic mass is 9.88. The minimum atomic E-state index is -0.0291. The molecular weight excluding hydrogens is 392 g/mol. The van der Waals surface area contributed by atoms with Gasteiger partial charge in [-0.05, 0) is 48.6 Å². The second-order valence-electron chi connectivity index (χ2n) is 8.25. The van der Waals surface area contributed by atoms with Gasteiger partial charge < -0.3 is 5.32 Å². The maximum atomic E-state index is 12.8. The number of carbonyl (C=O) groups excluding carboxylic acids is 2. The monoisotopic (exact) mass is 422 g/mol. The maximum absolute atomic E-state index is 12.8. The van der Waals surface area contributed by atoms with Crippen LogP contribution in [0.15, 0.2) is 48.5 Å². The van der Waals surface area contributed by atoms with E-state index in [9.17, 15) is 9.59 Å². The molecule has 2 aromatic rings. The van der Waals surface area contributed by atoms with Crippen LogP contribution in [0, 0.1) is 5.92 Å². The quantitative estimate of drug-likeness (QED) is 0.627. The Morgan fingerprint density at radius 3 is 2.53 bits per heavy atom. The van der Waals surface area contributed by atoms with E-state index in [0.717, 1.165) is 55.5 Å². The number of aryl methyl sites for hydroxylation is 1. The van der Waals surface area contributed by atoms with Gasteiger partial charge in [-0.15, -0.1) is 11.8 Å². The van der Waals surface area contributed by atoms with Gasteiger partial charge in [0.25, 0.3) is 0 Å². The van der Waals surface area contributed by atoms with Crippen LogP contribution in [-0.2, 0) is 16.0 Å². The normalized spacial score (nSPS) is 19.8. The zero-order valence-corrected chi connectivity index (χ0v) is 18.4. The van der Waals surface area contributed by atoms with Crippen molar-refractivity contribution in [2.75, 3.05) is 16.0 Å². The number of benzene rings is 2. The highest BCUT2D eigenvalue weighted by molar-refractivity contribution is 8.00. The van der Waals surface area contributed by atoms with Crippen LogP contribution >= 0.6 is 11.8 Å². The lowest BCUT2D eigenvalue weighted by Crippen LogP contribution is -2.28. The van der Waals surface area contributed by atoms with E-state index in [-0.39, 0.29) is 23.1 Å². The molecule has 4 rings (SSSR count). The van der Waals surface area contributed by atoms with Gasteiger partial charge in [0.2, 0.25) is 11.8 Å². The largest absolute Gasteiger partial charge is 0.326 e. The van der Waals surface area contributed by atoms with Crippen molar-refractivity contribution in [2.45, 2.75) is 57.2 Å². The first-order chi connectivity index (χ1) is 14.7. The number of nitrogens with zero attached hydrogens (tertiary/aromatic N) is 1. The van der Waals surface area contributed by atoms with Gasteiger partial charge in [0, 0.05) is 17.3 Å². The molecule has 2 amide bonds. The van der Waals surface area contributed by atoms with E-state index in [4.69, 9.17) is 0 Å². The second kappa shape index (κ2) is 9.69. The molecular formula is C25H30N2O2S. The maximum Gasteiger partial charge on any atom is 0.238 e. The van der Waals surface area contributed by atoms with Gasteiger partial charge in [-0.2, -0.15) is 0 Å². The topological polar surface area (TPSA) is 49.4 Å². The highest BCUT2D eigenvalue weighted by atomic mass is 32.2. The summed E-state index contributed by atoms with van der Waals surface area (Å²) in [5.74, 6) is 0.934. The van der Waals surface area contributed by atoms with Crippen LogP contribution in [0.4, 0.5) is 11.4 Å². The first kappa shape index (κ1) is 21.0. The molecule has 1 aliphatic heterocycles. The second-order valence-corrected chi connectivity index (χ2v) is 9.32. The number of hydrogen-bond donors (Lipinski definition) is 1. The summed E-state index contributed by atoms with van der Waals surface area (Å²) in [6.07, 6.45) is 7.55. The van der Waals surface area contributed by atoms with Crippen LogP contribution in [0.1, 0.15) is 61.9 Å². The molecule has 2 aliphatic rings. The third kappa shape index (κ3) is 4.56. The summed E-state index contributed by atoms with van der Waals surface area (Å²) in [5, 5.41) is 3.05. The molecule has 1 saturated heterocycles. The zero-order chi connectivity index (χ0) is 20.9. The fourth-order valence-corrected chi connectivity index (χ4v) is 5.67. The van der Waals surface area contributed by atoms with Crippen LogP contribution in [0.25, 0.3) is 0 Å². The van der Waals surface area contributed by atoms with Crippen LogP contribution < -0.4 is 10.2 Å². The Labute approximate surface area is 183 Å². The van der Waals surface area contributed by atoms with Crippen molar-refractivity contribution >= 4 is 35.0 Å². The average molecular weight is 423 g/mol. The summed E-state index contributed by atoms with van der Waals surface area (Å²) in [7, 11) is 0. The van der Waals surface area contributed by atoms with E-state index in [1.54, 1.807) is 11.8 Å². The van der Waals surface area contributed by atoms with Crippen molar-refractivity contribution in [1.82, 2.24) is 0 Å². The van der Waals surface area contributed by atoms with E-state index >= 15 is 0 Å². The van der Waals surface area contributed by atoms with Crippen LogP contribution in [-0.4, -0.2) is 17.6 Å². The van der Waals surface area contributed by atoms with Crippen LogP contribution in [0.5, 0.6) is 0 Å². The summed E-state index contributed by atoms with van der Waals surface area (Å²) in [6.45, 7) is 2.16. The Kier molecular flexibility index (Phi) is 6.78. The number of anilines is 2. The fourth-order valence-electron chi connectivity index (χ4n) is 4.50.